The number of aliphatic imine (C=N–C) groups is 1. The lowest BCUT2D eigenvalue weighted by Crippen LogP contribution is -2.29. The first kappa shape index (κ1) is 24.0. The quantitative estimate of drug-likeness (QED) is 0.367. The van der Waals surface area contributed by atoms with Gasteiger partial charge in [0, 0.05) is 49.1 Å². The van der Waals surface area contributed by atoms with Gasteiger partial charge in [0.15, 0.2) is 0 Å². The van der Waals surface area contributed by atoms with E-state index in [1.807, 2.05) is 42.7 Å². The maximum absolute atomic E-state index is 13.3. The summed E-state index contributed by atoms with van der Waals surface area (Å²) in [5.74, 6) is -0.207. The summed E-state index contributed by atoms with van der Waals surface area (Å²) in [5, 5.41) is 3.00. The summed E-state index contributed by atoms with van der Waals surface area (Å²) < 4.78 is 0. The highest BCUT2D eigenvalue weighted by Gasteiger charge is 2.22. The van der Waals surface area contributed by atoms with Gasteiger partial charge in [-0.25, -0.2) is 0 Å². The van der Waals surface area contributed by atoms with Crippen LogP contribution in [0.25, 0.3) is 11.1 Å². The van der Waals surface area contributed by atoms with E-state index < -0.39 is 0 Å². The lowest BCUT2D eigenvalue weighted by molar-refractivity contribution is -0.110. The summed E-state index contributed by atoms with van der Waals surface area (Å²) in [6, 6.07) is 22.7. The largest absolute Gasteiger partial charge is 0.370 e. The van der Waals surface area contributed by atoms with Crippen LogP contribution in [0, 0.1) is 0 Å². The molecule has 0 radical (unpaired) electrons. The number of aromatic nitrogens is 2. The van der Waals surface area contributed by atoms with Crippen molar-refractivity contribution in [2.45, 2.75) is 32.1 Å². The maximum Gasteiger partial charge on any atom is 0.274 e. The first-order valence-corrected chi connectivity index (χ1v) is 13.4. The third-order valence-corrected chi connectivity index (χ3v) is 7.32. The number of nitrogens with one attached hydrogen (secondary N) is 1. The molecule has 6 nitrogen and oxygen atoms in total. The van der Waals surface area contributed by atoms with Gasteiger partial charge in [0.25, 0.3) is 5.91 Å². The SMILES string of the molecule is O=C(Nc1ccc(Cc2ccccc2)nc1)C1=NCCc2ccc(-c3cncc(N4CCCCC4)c3)cc21. The molecule has 0 bridgehead atoms. The molecule has 1 amide bonds. The minimum Gasteiger partial charge on any atom is -0.370 e. The van der Waals surface area contributed by atoms with Gasteiger partial charge in [-0.1, -0.05) is 42.5 Å². The van der Waals surface area contributed by atoms with Crippen LogP contribution in [0.3, 0.4) is 0 Å². The zero-order valence-corrected chi connectivity index (χ0v) is 21.4. The third kappa shape index (κ3) is 5.35. The van der Waals surface area contributed by atoms with E-state index in [0.29, 0.717) is 17.9 Å². The number of amides is 1. The predicted octanol–water partition coefficient (Wildman–Crippen LogP) is 5.71. The van der Waals surface area contributed by atoms with Gasteiger partial charge in [-0.3, -0.25) is 19.8 Å². The molecule has 0 aliphatic carbocycles. The van der Waals surface area contributed by atoms with Gasteiger partial charge < -0.3 is 10.2 Å². The number of piperidine rings is 1. The van der Waals surface area contributed by atoms with Gasteiger partial charge in [-0.05, 0) is 66.6 Å². The molecule has 4 aromatic rings. The standard InChI is InChI=1S/C32H31N5O/c38-32(36-28-12-11-27(35-21-28)17-23-7-3-1-4-8-23)31-30-19-25(10-9-24(30)13-14-34-31)26-18-29(22-33-20-26)37-15-5-2-6-16-37/h1,3-4,7-12,18-22H,2,5-6,13-17H2,(H,36,38). The van der Waals surface area contributed by atoms with Crippen molar-refractivity contribution in [1.29, 1.82) is 0 Å². The van der Waals surface area contributed by atoms with Crippen molar-refractivity contribution in [2.24, 2.45) is 4.99 Å². The number of rotatable bonds is 6. The number of hydrogen-bond acceptors (Lipinski definition) is 5. The Hall–Kier alpha value is -4.32. The fourth-order valence-electron chi connectivity index (χ4n) is 5.27. The van der Waals surface area contributed by atoms with Gasteiger partial charge in [-0.2, -0.15) is 0 Å². The van der Waals surface area contributed by atoms with E-state index in [1.54, 1.807) is 6.20 Å². The summed E-state index contributed by atoms with van der Waals surface area (Å²) in [6.07, 6.45) is 10.9. The molecule has 4 heterocycles. The maximum atomic E-state index is 13.3. The molecule has 1 saturated heterocycles. The van der Waals surface area contributed by atoms with Crippen molar-refractivity contribution in [3.05, 3.63) is 108 Å². The van der Waals surface area contributed by atoms with Gasteiger partial charge in [0.2, 0.25) is 0 Å². The lowest BCUT2D eigenvalue weighted by atomic mass is 9.93. The van der Waals surface area contributed by atoms with Crippen LogP contribution in [0.2, 0.25) is 0 Å². The van der Waals surface area contributed by atoms with Crippen molar-refractivity contribution < 1.29 is 4.79 Å². The lowest BCUT2D eigenvalue weighted by Gasteiger charge is -2.28. The van der Waals surface area contributed by atoms with Gasteiger partial charge in [-0.15, -0.1) is 0 Å². The van der Waals surface area contributed by atoms with Crippen molar-refractivity contribution >= 4 is 23.0 Å². The van der Waals surface area contributed by atoms with Crippen LogP contribution >= 0.6 is 0 Å². The predicted molar refractivity (Wildman–Crippen MR) is 153 cm³/mol. The summed E-state index contributed by atoms with van der Waals surface area (Å²) >= 11 is 0. The molecule has 2 aliphatic heterocycles. The zero-order chi connectivity index (χ0) is 25.7. The Bertz CT molecular complexity index is 1460. The highest BCUT2D eigenvalue weighted by atomic mass is 16.1. The number of carbonyl (C=O) groups excluding carboxylic acids is 1. The number of pyridine rings is 2. The molecule has 1 fully saturated rings. The van der Waals surface area contributed by atoms with E-state index in [1.165, 1.54) is 24.8 Å². The minimum atomic E-state index is -0.207. The van der Waals surface area contributed by atoms with Crippen LogP contribution in [-0.4, -0.2) is 41.2 Å². The first-order valence-electron chi connectivity index (χ1n) is 13.4. The van der Waals surface area contributed by atoms with E-state index in [4.69, 9.17) is 0 Å². The molecule has 6 rings (SSSR count). The number of benzene rings is 2. The Kier molecular flexibility index (Phi) is 6.94. The molecule has 2 aromatic carbocycles. The smallest absolute Gasteiger partial charge is 0.274 e. The van der Waals surface area contributed by atoms with E-state index in [9.17, 15) is 4.79 Å². The number of anilines is 2. The average Bonchev–Trinajstić information content (AvgIpc) is 2.98. The van der Waals surface area contributed by atoms with E-state index in [0.717, 1.165) is 59.6 Å². The summed E-state index contributed by atoms with van der Waals surface area (Å²) in [6.45, 7) is 2.76. The Labute approximate surface area is 223 Å². The topological polar surface area (TPSA) is 70.5 Å². The molecule has 0 unspecified atom stereocenters. The monoisotopic (exact) mass is 501 g/mol. The fourth-order valence-corrected chi connectivity index (χ4v) is 5.27. The van der Waals surface area contributed by atoms with E-state index in [-0.39, 0.29) is 5.91 Å². The molecule has 2 aliphatic rings. The zero-order valence-electron chi connectivity index (χ0n) is 21.4. The minimum absolute atomic E-state index is 0.207. The molecule has 0 saturated carbocycles. The number of nitrogens with zero attached hydrogens (tertiary/aromatic N) is 4. The van der Waals surface area contributed by atoms with Crippen LogP contribution in [-0.2, 0) is 17.6 Å². The fraction of sp³-hybridized carbons (Fsp3) is 0.250. The Balaban J connectivity index is 1.20. The van der Waals surface area contributed by atoms with E-state index >= 15 is 0 Å². The molecule has 6 heteroatoms. The third-order valence-electron chi connectivity index (χ3n) is 7.32. The van der Waals surface area contributed by atoms with Crippen molar-refractivity contribution in [3.8, 4) is 11.1 Å². The van der Waals surface area contributed by atoms with Crippen LogP contribution in [0.1, 0.15) is 41.6 Å². The Morgan fingerprint density at radius 2 is 1.74 bits per heavy atom. The molecule has 0 atom stereocenters. The van der Waals surface area contributed by atoms with E-state index in [2.05, 4.69) is 61.6 Å². The molecular weight excluding hydrogens is 470 g/mol. The summed E-state index contributed by atoms with van der Waals surface area (Å²) in [4.78, 5) is 29.5. The second-order valence-electron chi connectivity index (χ2n) is 9.99. The van der Waals surface area contributed by atoms with Crippen LogP contribution < -0.4 is 10.2 Å². The summed E-state index contributed by atoms with van der Waals surface area (Å²) in [5.41, 5.74) is 8.60. The Morgan fingerprint density at radius 1 is 0.868 bits per heavy atom. The second-order valence-corrected chi connectivity index (χ2v) is 9.99. The van der Waals surface area contributed by atoms with Crippen LogP contribution in [0.15, 0.2) is 90.3 Å². The molecule has 190 valence electrons. The number of hydrogen-bond donors (Lipinski definition) is 1. The van der Waals surface area contributed by atoms with Crippen LogP contribution in [0.5, 0.6) is 0 Å². The van der Waals surface area contributed by atoms with Crippen molar-refractivity contribution in [2.75, 3.05) is 29.9 Å². The van der Waals surface area contributed by atoms with Crippen molar-refractivity contribution in [1.82, 2.24) is 9.97 Å². The van der Waals surface area contributed by atoms with Crippen molar-refractivity contribution in [3.63, 3.8) is 0 Å². The Morgan fingerprint density at radius 3 is 2.55 bits per heavy atom. The second kappa shape index (κ2) is 11.0. The highest BCUT2D eigenvalue weighted by molar-refractivity contribution is 6.49. The van der Waals surface area contributed by atoms with Gasteiger partial charge in [0.1, 0.15) is 5.71 Å². The molecule has 0 spiro atoms. The van der Waals surface area contributed by atoms with Crippen LogP contribution in [0.4, 0.5) is 11.4 Å². The van der Waals surface area contributed by atoms with Gasteiger partial charge >= 0.3 is 0 Å². The first-order chi connectivity index (χ1) is 18.7. The molecule has 1 N–H and O–H groups in total. The highest BCUT2D eigenvalue weighted by Crippen LogP contribution is 2.29. The number of carbonyl (C=O) groups is 1. The molecule has 38 heavy (non-hydrogen) atoms. The van der Waals surface area contributed by atoms with Gasteiger partial charge in [0.05, 0.1) is 23.8 Å². The summed E-state index contributed by atoms with van der Waals surface area (Å²) in [7, 11) is 0. The normalized spacial score (nSPS) is 14.9. The number of fused-ring (bicyclic) bond motifs is 1. The molecular formula is C32H31N5O. The molecule has 2 aromatic heterocycles. The average molecular weight is 502 g/mol.